The first kappa shape index (κ1) is 54.5. The fraction of sp³-hybridized carbons (Fsp3) is 0.111. The lowest BCUT2D eigenvalue weighted by Gasteiger charge is -2.20. The standard InChI is InChI=1S/C72H52N18/c1-38-74-39(2)79-68(78-38)48-20-26-60-54(32-48)55-33-49(69-80-40(3)75-41(4)81-69)21-27-61(55)89(60)64-30-24-52(72-87-66(46-16-12-10-13-17-46)86-67(88-72)47-18-14-11-15-19-47)36-58(64)59-37-53(73-9)25-31-65(59)90-62-28-22-50(70-82-42(5)76-43(6)83-70)34-56(62)57-35-51(23-29-63(57)90)71-84-44(7)77-45(8)85-71/h10-37H,1-8H3. The van der Waals surface area contributed by atoms with Crippen molar-refractivity contribution in [3.05, 3.63) is 228 Å². The number of fused-ring (bicyclic) bond motifs is 6. The minimum Gasteiger partial charge on any atom is -0.309 e. The Kier molecular flexibility index (Phi) is 13.1. The van der Waals surface area contributed by atoms with E-state index in [1.165, 1.54) is 0 Å². The predicted molar refractivity (Wildman–Crippen MR) is 350 cm³/mol. The summed E-state index contributed by atoms with van der Waals surface area (Å²) in [5.74, 6) is 8.78. The Hall–Kier alpha value is -12.1. The fourth-order valence-corrected chi connectivity index (χ4v) is 12.1. The molecule has 430 valence electrons. The fourth-order valence-electron chi connectivity index (χ4n) is 12.1. The molecule has 8 aromatic carbocycles. The predicted octanol–water partition coefficient (Wildman–Crippen LogP) is 15.2. The lowest BCUT2D eigenvalue weighted by atomic mass is 9.97. The molecule has 0 radical (unpaired) electrons. The van der Waals surface area contributed by atoms with E-state index < -0.39 is 0 Å². The molecule has 0 spiro atoms. The SMILES string of the molecule is [C-]#[N+]c1ccc(-n2c3ccc(-c4nc(C)nc(C)n4)cc3c3cc(-c4nc(C)nc(C)n4)ccc32)c(-c2cc(-c3nc(-c4ccccc4)nc(-c4ccccc4)n3)ccc2-n2c3ccc(-c4nc(C)nc(C)n4)cc3c3cc(-c4nc(C)nc(C)n4)ccc32)c1. The molecule has 18 nitrogen and oxygen atoms in total. The number of rotatable bonds is 10. The second-order valence-electron chi connectivity index (χ2n) is 22.2. The van der Waals surface area contributed by atoms with Crippen LogP contribution in [0.25, 0.3) is 151 Å². The van der Waals surface area contributed by atoms with Crippen LogP contribution >= 0.6 is 0 Å². The van der Waals surface area contributed by atoms with Crippen LogP contribution in [0.4, 0.5) is 5.69 Å². The molecule has 0 unspecified atom stereocenters. The van der Waals surface area contributed by atoms with Crippen molar-refractivity contribution in [1.82, 2.24) is 83.9 Å². The van der Waals surface area contributed by atoms with Crippen molar-refractivity contribution < 1.29 is 0 Å². The third-order valence-corrected chi connectivity index (χ3v) is 15.8. The molecular weight excluding hydrogens is 1120 g/mol. The van der Waals surface area contributed by atoms with Crippen LogP contribution in [0.5, 0.6) is 0 Å². The van der Waals surface area contributed by atoms with Crippen LogP contribution in [0.3, 0.4) is 0 Å². The zero-order chi connectivity index (χ0) is 61.5. The summed E-state index contributed by atoms with van der Waals surface area (Å²) >= 11 is 0. The monoisotopic (exact) mass is 1170 g/mol. The molecule has 18 heteroatoms. The van der Waals surface area contributed by atoms with Crippen molar-refractivity contribution in [2.45, 2.75) is 55.4 Å². The Labute approximate surface area is 516 Å². The van der Waals surface area contributed by atoms with Crippen LogP contribution in [0.15, 0.2) is 170 Å². The van der Waals surface area contributed by atoms with Gasteiger partial charge >= 0.3 is 0 Å². The van der Waals surface area contributed by atoms with Gasteiger partial charge in [-0.2, -0.15) is 0 Å². The van der Waals surface area contributed by atoms with Crippen LogP contribution in [0, 0.1) is 62.0 Å². The molecule has 0 saturated heterocycles. The zero-order valence-corrected chi connectivity index (χ0v) is 50.2. The van der Waals surface area contributed by atoms with Crippen LogP contribution in [-0.4, -0.2) is 83.9 Å². The first-order chi connectivity index (χ1) is 43.7. The third-order valence-electron chi connectivity index (χ3n) is 15.8. The molecule has 0 saturated carbocycles. The number of hydrogen-bond acceptors (Lipinski definition) is 15. The van der Waals surface area contributed by atoms with Crippen molar-refractivity contribution in [3.63, 3.8) is 0 Å². The number of hydrogen-bond donors (Lipinski definition) is 0. The maximum absolute atomic E-state index is 8.64. The molecule has 0 N–H and O–H groups in total. The summed E-state index contributed by atoms with van der Waals surface area (Å²) in [6, 6.07) is 57.5. The highest BCUT2D eigenvalue weighted by Crippen LogP contribution is 2.45. The Morgan fingerprint density at radius 2 is 0.522 bits per heavy atom. The average molecular weight is 1170 g/mol. The number of aromatic nitrogens is 17. The normalized spacial score (nSPS) is 11.5. The third kappa shape index (κ3) is 9.85. The van der Waals surface area contributed by atoms with Crippen LogP contribution in [0.2, 0.25) is 0 Å². The van der Waals surface area contributed by atoms with Gasteiger partial charge in [-0.25, -0.2) is 79.6 Å². The van der Waals surface area contributed by atoms with Crippen molar-refractivity contribution in [2.75, 3.05) is 0 Å². The molecule has 15 rings (SSSR count). The average Bonchev–Trinajstić information content (AvgIpc) is 1.58. The van der Waals surface area contributed by atoms with E-state index in [0.29, 0.717) is 93.1 Å². The second kappa shape index (κ2) is 21.7. The van der Waals surface area contributed by atoms with Crippen molar-refractivity contribution in [2.24, 2.45) is 0 Å². The largest absolute Gasteiger partial charge is 0.309 e. The van der Waals surface area contributed by atoms with Crippen molar-refractivity contribution in [1.29, 1.82) is 0 Å². The van der Waals surface area contributed by atoms with Crippen molar-refractivity contribution in [3.8, 4) is 102 Å². The molecule has 7 heterocycles. The second-order valence-corrected chi connectivity index (χ2v) is 22.2. The summed E-state index contributed by atoms with van der Waals surface area (Å²) in [7, 11) is 0. The molecule has 0 fully saturated rings. The lowest BCUT2D eigenvalue weighted by Crippen LogP contribution is -2.04. The van der Waals surface area contributed by atoms with E-state index in [2.05, 4.69) is 125 Å². The summed E-state index contributed by atoms with van der Waals surface area (Å²) in [5.41, 5.74) is 12.9. The van der Waals surface area contributed by atoms with Gasteiger partial charge in [0.2, 0.25) is 0 Å². The minimum absolute atomic E-state index is 0.442. The van der Waals surface area contributed by atoms with E-state index in [1.54, 1.807) is 0 Å². The molecule has 0 aliphatic heterocycles. The molecule has 0 aliphatic carbocycles. The Balaban J connectivity index is 1.04. The highest BCUT2D eigenvalue weighted by molar-refractivity contribution is 6.14. The van der Waals surface area contributed by atoms with Gasteiger partial charge in [-0.15, -0.1) is 0 Å². The van der Waals surface area contributed by atoms with Gasteiger partial charge in [0.15, 0.2) is 46.5 Å². The topological polar surface area (TPSA) is 208 Å². The number of nitrogens with zero attached hydrogens (tertiary/aromatic N) is 18. The minimum atomic E-state index is 0.442. The van der Waals surface area contributed by atoms with Gasteiger partial charge < -0.3 is 9.13 Å². The molecule has 15 aromatic rings. The maximum Gasteiger partial charge on any atom is 0.188 e. The molecule has 90 heavy (non-hydrogen) atoms. The zero-order valence-electron chi connectivity index (χ0n) is 50.2. The van der Waals surface area contributed by atoms with E-state index >= 15 is 0 Å². The van der Waals surface area contributed by atoms with E-state index in [-0.39, 0.29) is 0 Å². The highest BCUT2D eigenvalue weighted by atomic mass is 15.1. The molecule has 0 atom stereocenters. The quantitative estimate of drug-likeness (QED) is 0.117. The summed E-state index contributed by atoms with van der Waals surface area (Å²) in [6.07, 6.45) is 0. The molecule has 7 aromatic heterocycles. The van der Waals surface area contributed by atoms with E-state index in [4.69, 9.17) is 61.4 Å². The van der Waals surface area contributed by atoms with Gasteiger partial charge in [-0.05, 0) is 164 Å². The maximum atomic E-state index is 8.64. The van der Waals surface area contributed by atoms with Crippen molar-refractivity contribution >= 4 is 49.3 Å². The van der Waals surface area contributed by atoms with E-state index in [9.17, 15) is 0 Å². The lowest BCUT2D eigenvalue weighted by molar-refractivity contribution is 0.928. The molecular formula is C72H52N18. The summed E-state index contributed by atoms with van der Waals surface area (Å²) < 4.78 is 4.57. The Morgan fingerprint density at radius 1 is 0.256 bits per heavy atom. The highest BCUT2D eigenvalue weighted by Gasteiger charge is 2.25. The van der Waals surface area contributed by atoms with Gasteiger partial charge in [0, 0.05) is 66.1 Å². The van der Waals surface area contributed by atoms with Gasteiger partial charge in [0.25, 0.3) is 0 Å². The Morgan fingerprint density at radius 3 is 0.844 bits per heavy atom. The molecule has 0 bridgehead atoms. The first-order valence-electron chi connectivity index (χ1n) is 29.2. The van der Waals surface area contributed by atoms with E-state index in [0.717, 1.165) is 105 Å². The molecule has 0 aliphatic rings. The van der Waals surface area contributed by atoms with Gasteiger partial charge in [0.1, 0.15) is 46.6 Å². The van der Waals surface area contributed by atoms with Gasteiger partial charge in [0.05, 0.1) is 40.0 Å². The Bertz CT molecular complexity index is 5140. The van der Waals surface area contributed by atoms with Gasteiger partial charge in [-0.3, -0.25) is 0 Å². The number of aryl methyl sites for hydroxylation is 8. The molecule has 0 amide bonds. The van der Waals surface area contributed by atoms with Crippen LogP contribution in [0.1, 0.15) is 46.6 Å². The smallest absolute Gasteiger partial charge is 0.188 e. The number of benzene rings is 8. The van der Waals surface area contributed by atoms with Crippen LogP contribution < -0.4 is 0 Å². The van der Waals surface area contributed by atoms with E-state index in [1.807, 2.05) is 134 Å². The summed E-state index contributed by atoms with van der Waals surface area (Å²) in [6.45, 7) is 23.7. The van der Waals surface area contributed by atoms with Gasteiger partial charge in [-0.1, -0.05) is 66.7 Å². The summed E-state index contributed by atoms with van der Waals surface area (Å²) in [4.78, 5) is 76.2. The van der Waals surface area contributed by atoms with Crippen LogP contribution in [-0.2, 0) is 0 Å². The summed E-state index contributed by atoms with van der Waals surface area (Å²) in [5, 5.41) is 3.74. The first-order valence-corrected chi connectivity index (χ1v) is 29.2.